The lowest BCUT2D eigenvalue weighted by molar-refractivity contribution is -0.160. The summed E-state index contributed by atoms with van der Waals surface area (Å²) in [6, 6.07) is 18.4. The molecule has 1 aliphatic rings. The number of esters is 1. The Bertz CT molecular complexity index is 1230. The number of anilines is 1. The Morgan fingerprint density at radius 1 is 1.00 bits per heavy atom. The summed E-state index contributed by atoms with van der Waals surface area (Å²) in [5.74, 6) is 5.01. The second-order valence-corrected chi connectivity index (χ2v) is 20.0. The molecule has 1 N–H and O–H groups in total. The van der Waals surface area contributed by atoms with E-state index in [9.17, 15) is 4.79 Å². The van der Waals surface area contributed by atoms with Crippen molar-refractivity contribution in [3.63, 3.8) is 0 Å². The molecule has 3 rings (SSSR count). The number of carbonyl (C=O) groups excluding carboxylic acids is 1. The van der Waals surface area contributed by atoms with E-state index in [2.05, 4.69) is 116 Å². The Morgan fingerprint density at radius 2 is 1.62 bits per heavy atom. The fraction of sp³-hybridized carbons (Fsp3) is 0.595. The number of hydrogen-bond acceptors (Lipinski definition) is 4. The first-order valence-corrected chi connectivity index (χ1v) is 18.7. The molecule has 0 bridgehead atoms. The molecule has 4 nitrogen and oxygen atoms in total. The predicted octanol–water partition coefficient (Wildman–Crippen LogP) is 9.27. The van der Waals surface area contributed by atoms with Crippen LogP contribution in [0.4, 0.5) is 5.69 Å². The molecule has 0 saturated heterocycles. The molecule has 5 heteroatoms. The summed E-state index contributed by atoms with van der Waals surface area (Å²) in [7, 11) is -0.364. The minimum absolute atomic E-state index is 0.0667. The smallest absolute Gasteiger partial charge is 0.344 e. The quantitative estimate of drug-likeness (QED) is 0.180. The zero-order valence-corrected chi connectivity index (χ0v) is 29.1. The van der Waals surface area contributed by atoms with Gasteiger partial charge in [0.15, 0.2) is 5.54 Å². The minimum atomic E-state index is -2.02. The molecular weight excluding hydrogens is 534 g/mol. The van der Waals surface area contributed by atoms with Crippen molar-refractivity contribution in [1.82, 2.24) is 0 Å². The molecule has 42 heavy (non-hydrogen) atoms. The van der Waals surface area contributed by atoms with E-state index >= 15 is 0 Å². The molecule has 2 aromatic rings. The van der Waals surface area contributed by atoms with E-state index in [-0.39, 0.29) is 34.4 Å². The normalized spacial score (nSPS) is 21.1. The van der Waals surface area contributed by atoms with Crippen LogP contribution in [0.1, 0.15) is 86.6 Å². The third kappa shape index (κ3) is 8.01. The summed E-state index contributed by atoms with van der Waals surface area (Å²) in [6.45, 7) is 22.5. The molecule has 0 radical (unpaired) electrons. The van der Waals surface area contributed by atoms with Crippen molar-refractivity contribution in [2.45, 2.75) is 116 Å². The fourth-order valence-electron chi connectivity index (χ4n) is 5.91. The molecule has 2 aromatic carbocycles. The van der Waals surface area contributed by atoms with Gasteiger partial charge in [0.25, 0.3) is 0 Å². The molecule has 0 aliphatic heterocycles. The molecule has 0 unspecified atom stereocenters. The minimum Gasteiger partial charge on any atom is -0.497 e. The maximum absolute atomic E-state index is 14.7. The molecule has 0 amide bonds. The van der Waals surface area contributed by atoms with Gasteiger partial charge in [-0.05, 0) is 71.4 Å². The van der Waals surface area contributed by atoms with Gasteiger partial charge in [-0.15, -0.1) is 5.54 Å². The highest BCUT2D eigenvalue weighted by Crippen LogP contribution is 2.44. The number of nitrogens with one attached hydrogen (secondary N) is 1. The van der Waals surface area contributed by atoms with Crippen LogP contribution in [-0.2, 0) is 14.9 Å². The number of methoxy groups -OCH3 is 1. The van der Waals surface area contributed by atoms with Crippen molar-refractivity contribution in [3.8, 4) is 17.2 Å². The van der Waals surface area contributed by atoms with E-state index in [0.717, 1.165) is 30.7 Å². The number of carbonyl (C=O) groups is 1. The Balaban J connectivity index is 2.09. The zero-order valence-electron chi connectivity index (χ0n) is 28.1. The predicted molar refractivity (Wildman–Crippen MR) is 180 cm³/mol. The van der Waals surface area contributed by atoms with Gasteiger partial charge in [0.2, 0.25) is 0 Å². The van der Waals surface area contributed by atoms with Gasteiger partial charge >= 0.3 is 5.97 Å². The van der Waals surface area contributed by atoms with Crippen molar-refractivity contribution < 1.29 is 14.3 Å². The maximum atomic E-state index is 14.7. The summed E-state index contributed by atoms with van der Waals surface area (Å²) in [5.41, 5.74) is 4.50. The van der Waals surface area contributed by atoms with E-state index in [1.54, 1.807) is 7.11 Å². The van der Waals surface area contributed by atoms with Crippen LogP contribution in [0, 0.1) is 29.2 Å². The lowest BCUT2D eigenvalue weighted by atomic mass is 9.64. The lowest BCUT2D eigenvalue weighted by Gasteiger charge is -2.45. The molecule has 1 aliphatic carbocycles. The molecule has 4 atom stereocenters. The first kappa shape index (κ1) is 33.8. The summed E-state index contributed by atoms with van der Waals surface area (Å²) in [5, 5.41) is 3.67. The van der Waals surface area contributed by atoms with Crippen LogP contribution in [0.3, 0.4) is 0 Å². The second kappa shape index (κ2) is 13.3. The first-order valence-electron chi connectivity index (χ1n) is 15.7. The third-order valence-corrected chi connectivity index (χ3v) is 14.2. The van der Waals surface area contributed by atoms with Gasteiger partial charge in [-0.25, -0.2) is 4.79 Å². The van der Waals surface area contributed by atoms with Gasteiger partial charge in [-0.3, -0.25) is 0 Å². The van der Waals surface area contributed by atoms with Crippen LogP contribution < -0.4 is 10.1 Å². The zero-order chi connectivity index (χ0) is 31.3. The number of ether oxygens (including phenoxy) is 2. The lowest BCUT2D eigenvalue weighted by Crippen LogP contribution is -2.52. The topological polar surface area (TPSA) is 47.6 Å². The van der Waals surface area contributed by atoms with Crippen LogP contribution in [0.2, 0.25) is 18.1 Å². The summed E-state index contributed by atoms with van der Waals surface area (Å²) >= 11 is 0. The largest absolute Gasteiger partial charge is 0.497 e. The van der Waals surface area contributed by atoms with Gasteiger partial charge in [0.05, 0.1) is 7.11 Å². The van der Waals surface area contributed by atoms with Gasteiger partial charge in [-0.1, -0.05) is 111 Å². The number of rotatable bonds is 9. The summed E-state index contributed by atoms with van der Waals surface area (Å²) in [4.78, 5) is 14.7. The summed E-state index contributed by atoms with van der Waals surface area (Å²) in [6.07, 6.45) is 3.40. The van der Waals surface area contributed by atoms with Crippen molar-refractivity contribution in [2.24, 2.45) is 17.8 Å². The van der Waals surface area contributed by atoms with Crippen LogP contribution in [0.25, 0.3) is 0 Å². The highest BCUT2D eigenvalue weighted by molar-refractivity contribution is 6.87. The van der Waals surface area contributed by atoms with Crippen LogP contribution in [0.5, 0.6) is 5.75 Å². The van der Waals surface area contributed by atoms with E-state index in [4.69, 9.17) is 9.47 Å². The van der Waals surface area contributed by atoms with Crippen molar-refractivity contribution in [3.05, 3.63) is 60.2 Å². The van der Waals surface area contributed by atoms with Crippen LogP contribution in [-0.4, -0.2) is 32.8 Å². The van der Waals surface area contributed by atoms with Crippen molar-refractivity contribution in [2.75, 3.05) is 12.4 Å². The molecule has 1 fully saturated rings. The second-order valence-electron chi connectivity index (χ2n) is 15.0. The first-order chi connectivity index (χ1) is 19.5. The Morgan fingerprint density at radius 3 is 2.17 bits per heavy atom. The Hall–Kier alpha value is -2.71. The fourth-order valence-corrected chi connectivity index (χ4v) is 6.81. The average Bonchev–Trinajstić information content (AvgIpc) is 2.91. The number of hydrogen-bond donors (Lipinski definition) is 1. The monoisotopic (exact) mass is 589 g/mol. The van der Waals surface area contributed by atoms with E-state index in [1.165, 1.54) is 5.56 Å². The van der Waals surface area contributed by atoms with E-state index in [1.807, 2.05) is 24.3 Å². The highest BCUT2D eigenvalue weighted by Gasteiger charge is 2.46. The summed E-state index contributed by atoms with van der Waals surface area (Å²) < 4.78 is 12.1. The molecular formula is C37H55NO3Si. The van der Waals surface area contributed by atoms with Gasteiger partial charge in [-0.2, -0.15) is 0 Å². The van der Waals surface area contributed by atoms with Crippen molar-refractivity contribution >= 4 is 19.7 Å². The van der Waals surface area contributed by atoms with Gasteiger partial charge in [0, 0.05) is 11.6 Å². The molecule has 1 saturated carbocycles. The van der Waals surface area contributed by atoms with E-state index < -0.39 is 13.6 Å². The van der Waals surface area contributed by atoms with Gasteiger partial charge < -0.3 is 14.8 Å². The van der Waals surface area contributed by atoms with Crippen LogP contribution >= 0.6 is 0 Å². The Labute approximate surface area is 257 Å². The average molecular weight is 590 g/mol. The van der Waals surface area contributed by atoms with Crippen LogP contribution in [0.15, 0.2) is 54.6 Å². The molecule has 0 heterocycles. The molecule has 230 valence electrons. The van der Waals surface area contributed by atoms with E-state index in [0.29, 0.717) is 12.3 Å². The Kier molecular flexibility index (Phi) is 10.7. The van der Waals surface area contributed by atoms with Crippen molar-refractivity contribution in [1.29, 1.82) is 0 Å². The maximum Gasteiger partial charge on any atom is 0.344 e. The number of benzene rings is 2. The highest BCUT2D eigenvalue weighted by atomic mass is 28.3. The van der Waals surface area contributed by atoms with Gasteiger partial charge in [0.1, 0.15) is 19.9 Å². The third-order valence-electron chi connectivity index (χ3n) is 9.73. The SMILES string of the molecule is COc1ccc(N[C@@](C#C[Si](C)(C)C(C)(C)C)(CC(C)C)C(=O)O[C@@H]2C[C@H](C)CC[C@H]2C(C)(C)c2ccccc2)cc1. The molecule has 0 spiro atoms. The molecule has 0 aromatic heterocycles. The standard InChI is InChI=1S/C37H55NO3Si/c1-27(2)26-37(23-24-42(10,11)35(4,5)6,38-30-18-20-31(40-9)21-19-30)34(39)41-33-25-28(3)17-22-32(33)36(7,8)29-15-13-12-14-16-29/h12-16,18-21,27-28,32-33,38H,17,22,25-26H2,1-11H3/t28-,32-,33-,37+/m1/s1.